The van der Waals surface area contributed by atoms with Gasteiger partial charge in [0.2, 0.25) is 0 Å². The maximum Gasteiger partial charge on any atom is 0.0531 e. The van der Waals surface area contributed by atoms with Crippen molar-refractivity contribution in [1.82, 2.24) is 0 Å². The van der Waals surface area contributed by atoms with Gasteiger partial charge < -0.3 is 15.3 Å². The average Bonchev–Trinajstić information content (AvgIpc) is 1.95. The molecule has 80 valence electrons. The zero-order valence-electron chi connectivity index (χ0n) is 5.67. The van der Waals surface area contributed by atoms with Crippen LogP contribution in [-0.2, 0) is 0 Å². The van der Waals surface area contributed by atoms with E-state index in [4.69, 9.17) is 15.3 Å². The van der Waals surface area contributed by atoms with Crippen LogP contribution in [0.1, 0.15) is 35.6 Å². The Morgan fingerprint density at radius 3 is 1.08 bits per heavy atom. The van der Waals surface area contributed by atoms with Gasteiger partial charge in [-0.05, 0) is 6.42 Å². The molecule has 0 heterocycles. The van der Waals surface area contributed by atoms with Crippen molar-refractivity contribution >= 4 is 0 Å². The Kier molecular flexibility index (Phi) is 20.5. The molecule has 0 spiro atoms. The van der Waals surface area contributed by atoms with Gasteiger partial charge in [-0.1, -0.05) is 29.2 Å². The third kappa shape index (κ3) is 5.52. The largest absolute Gasteiger partial charge is 0.396 e. The van der Waals surface area contributed by atoms with E-state index < -0.39 is 5.41 Å². The summed E-state index contributed by atoms with van der Waals surface area (Å²) in [7, 11) is 0. The molecule has 0 aliphatic rings. The summed E-state index contributed by atoms with van der Waals surface area (Å²) in [6.07, 6.45) is 0.594. The van der Waals surface area contributed by atoms with Gasteiger partial charge >= 0.3 is 0 Å². The van der Waals surface area contributed by atoms with Crippen LogP contribution in [0.25, 0.3) is 0 Å². The molecule has 0 aromatic carbocycles. The van der Waals surface area contributed by atoms with Crippen molar-refractivity contribution in [2.45, 2.75) is 35.6 Å². The zero-order chi connectivity index (χ0) is 7.33. The lowest BCUT2D eigenvalue weighted by atomic mass is 9.88. The van der Waals surface area contributed by atoms with E-state index in [0.717, 1.165) is 0 Å². The molecule has 0 aliphatic heterocycles. The Labute approximate surface area is 77.1 Å². The Morgan fingerprint density at radius 2 is 1.08 bits per heavy atom. The van der Waals surface area contributed by atoms with Gasteiger partial charge in [0.25, 0.3) is 0 Å². The Bertz CT molecular complexity index is 52.7. The Hall–Kier alpha value is -0.120. The number of hydrogen-bond acceptors (Lipinski definition) is 3. The normalized spacial score (nSPS) is 9.00. The molecule has 0 fully saturated rings. The molecule has 0 amide bonds. The number of aliphatic hydroxyl groups excluding tert-OH is 3. The van der Waals surface area contributed by atoms with Crippen LogP contribution >= 0.6 is 0 Å². The smallest absolute Gasteiger partial charge is 0.0531 e. The minimum absolute atomic E-state index is 0. The second kappa shape index (κ2) is 10.9. The lowest BCUT2D eigenvalue weighted by Gasteiger charge is -2.24. The van der Waals surface area contributed by atoms with E-state index in [1.54, 1.807) is 0 Å². The Balaban J connectivity index is -0.000000107. The van der Waals surface area contributed by atoms with E-state index in [1.165, 1.54) is 0 Å². The van der Waals surface area contributed by atoms with Crippen LogP contribution in [0.5, 0.6) is 0 Å². The van der Waals surface area contributed by atoms with Gasteiger partial charge in [-0.3, -0.25) is 0 Å². The summed E-state index contributed by atoms with van der Waals surface area (Å²) in [4.78, 5) is 0. The molecular weight excluding hydrogens is 156 g/mol. The summed E-state index contributed by atoms with van der Waals surface area (Å²) in [5, 5.41) is 26.0. The fourth-order valence-electron chi connectivity index (χ4n) is 0.485. The van der Waals surface area contributed by atoms with E-state index in [0.29, 0.717) is 6.42 Å². The first-order valence-electron chi connectivity index (χ1n) is 3.07. The molecule has 0 rings (SSSR count). The van der Waals surface area contributed by atoms with Gasteiger partial charge in [-0.25, -0.2) is 0 Å². The number of rotatable bonds is 4. The standard InChI is InChI=1S/C6H14O3.3CH4/c1-2-6(3-7,4-8)5-9;;;/h7-9H,2-5H2,1H3;3*1H4. The highest BCUT2D eigenvalue weighted by Crippen LogP contribution is 2.18. The SMILES string of the molecule is C.C.C.CCC(CO)(CO)CO. The predicted octanol–water partition coefficient (Wildman–Crippen LogP) is 1.27. The maximum atomic E-state index is 8.66. The molecule has 0 bridgehead atoms. The Morgan fingerprint density at radius 1 is 0.833 bits per heavy atom. The first-order chi connectivity index (χ1) is 4.24. The fraction of sp³-hybridized carbons (Fsp3) is 1.00. The second-order valence-corrected chi connectivity index (χ2v) is 2.33. The summed E-state index contributed by atoms with van der Waals surface area (Å²) < 4.78 is 0. The first-order valence-corrected chi connectivity index (χ1v) is 3.07. The van der Waals surface area contributed by atoms with Crippen LogP contribution < -0.4 is 0 Å². The summed E-state index contributed by atoms with van der Waals surface area (Å²) in [6.45, 7) is 1.35. The third-order valence-corrected chi connectivity index (χ3v) is 1.76. The lowest BCUT2D eigenvalue weighted by molar-refractivity contribution is 0.00304. The summed E-state index contributed by atoms with van der Waals surface area (Å²) in [5.41, 5.74) is -0.667. The molecule has 3 N–H and O–H groups in total. The highest BCUT2D eigenvalue weighted by molar-refractivity contribution is 4.74. The van der Waals surface area contributed by atoms with Gasteiger partial charge in [0.05, 0.1) is 19.8 Å². The predicted molar refractivity (Wildman–Crippen MR) is 54.2 cm³/mol. The molecule has 0 unspecified atom stereocenters. The molecule has 3 heteroatoms. The van der Waals surface area contributed by atoms with Crippen molar-refractivity contribution in [1.29, 1.82) is 0 Å². The van der Waals surface area contributed by atoms with Gasteiger partial charge in [0.15, 0.2) is 0 Å². The second-order valence-electron chi connectivity index (χ2n) is 2.33. The highest BCUT2D eigenvalue weighted by atomic mass is 16.3. The van der Waals surface area contributed by atoms with Crippen molar-refractivity contribution < 1.29 is 15.3 Å². The van der Waals surface area contributed by atoms with Crippen molar-refractivity contribution in [2.75, 3.05) is 19.8 Å². The molecule has 0 saturated heterocycles. The van der Waals surface area contributed by atoms with Crippen LogP contribution in [0.4, 0.5) is 0 Å². The summed E-state index contributed by atoms with van der Waals surface area (Å²) in [5.74, 6) is 0. The van der Waals surface area contributed by atoms with Gasteiger partial charge in [-0.2, -0.15) is 0 Å². The van der Waals surface area contributed by atoms with E-state index in [-0.39, 0.29) is 42.1 Å². The lowest BCUT2D eigenvalue weighted by Crippen LogP contribution is -2.32. The van der Waals surface area contributed by atoms with E-state index >= 15 is 0 Å². The van der Waals surface area contributed by atoms with Crippen LogP contribution in [0.2, 0.25) is 0 Å². The van der Waals surface area contributed by atoms with Crippen molar-refractivity contribution in [2.24, 2.45) is 5.41 Å². The van der Waals surface area contributed by atoms with E-state index in [2.05, 4.69) is 0 Å². The maximum absolute atomic E-state index is 8.66. The zero-order valence-corrected chi connectivity index (χ0v) is 5.67. The van der Waals surface area contributed by atoms with Crippen LogP contribution in [0, 0.1) is 5.41 Å². The summed E-state index contributed by atoms with van der Waals surface area (Å²) in [6, 6.07) is 0. The minimum atomic E-state index is -0.667. The molecule has 3 nitrogen and oxygen atoms in total. The molecule has 0 atom stereocenters. The molecule has 0 saturated carbocycles. The van der Waals surface area contributed by atoms with Crippen molar-refractivity contribution in [3.63, 3.8) is 0 Å². The molecule has 0 radical (unpaired) electrons. The number of hydrogen-bond donors (Lipinski definition) is 3. The van der Waals surface area contributed by atoms with Gasteiger partial charge in [0.1, 0.15) is 0 Å². The summed E-state index contributed by atoms with van der Waals surface area (Å²) >= 11 is 0. The highest BCUT2D eigenvalue weighted by Gasteiger charge is 2.24. The van der Waals surface area contributed by atoms with E-state index in [1.807, 2.05) is 6.92 Å². The van der Waals surface area contributed by atoms with Crippen molar-refractivity contribution in [3.05, 3.63) is 0 Å². The van der Waals surface area contributed by atoms with Crippen LogP contribution in [0.15, 0.2) is 0 Å². The van der Waals surface area contributed by atoms with Crippen molar-refractivity contribution in [3.8, 4) is 0 Å². The molecule has 0 aliphatic carbocycles. The third-order valence-electron chi connectivity index (χ3n) is 1.76. The van der Waals surface area contributed by atoms with Gasteiger partial charge in [-0.15, -0.1) is 0 Å². The average molecular weight is 182 g/mol. The topological polar surface area (TPSA) is 60.7 Å². The molecule has 12 heavy (non-hydrogen) atoms. The molecule has 0 aromatic rings. The van der Waals surface area contributed by atoms with Crippen LogP contribution in [-0.4, -0.2) is 35.1 Å². The molecule has 0 aromatic heterocycles. The van der Waals surface area contributed by atoms with E-state index in [9.17, 15) is 0 Å². The molecular formula is C9H26O3. The monoisotopic (exact) mass is 182 g/mol. The fourth-order valence-corrected chi connectivity index (χ4v) is 0.485. The minimum Gasteiger partial charge on any atom is -0.396 e. The number of aliphatic hydroxyl groups is 3. The van der Waals surface area contributed by atoms with Gasteiger partial charge in [0, 0.05) is 5.41 Å². The quantitative estimate of drug-likeness (QED) is 0.613. The van der Waals surface area contributed by atoms with Crippen LogP contribution in [0.3, 0.4) is 0 Å². The first kappa shape index (κ1) is 22.6.